The summed E-state index contributed by atoms with van der Waals surface area (Å²) in [6, 6.07) is 27.1. The average Bonchev–Trinajstić information content (AvgIpc) is 3.35. The molecule has 0 fully saturated rings. The molecule has 0 radical (unpaired) electrons. The molecule has 1 atom stereocenters. The number of hydrogen-bond donors (Lipinski definition) is 1. The molecule has 7 heteroatoms. The van der Waals surface area contributed by atoms with Gasteiger partial charge in [0.2, 0.25) is 5.91 Å². The molecule has 2 amide bonds. The first-order valence-corrected chi connectivity index (χ1v) is 12.3. The van der Waals surface area contributed by atoms with Crippen molar-refractivity contribution in [3.05, 3.63) is 107 Å². The number of methoxy groups -OCH3 is 1. The van der Waals surface area contributed by atoms with E-state index in [0.717, 1.165) is 28.0 Å². The van der Waals surface area contributed by atoms with E-state index < -0.39 is 5.54 Å². The molecule has 0 unspecified atom stereocenters. The highest BCUT2D eigenvalue weighted by Crippen LogP contribution is 2.32. The van der Waals surface area contributed by atoms with E-state index >= 15 is 0 Å². The molecule has 1 N–H and O–H groups in total. The van der Waals surface area contributed by atoms with E-state index in [9.17, 15) is 9.59 Å². The van der Waals surface area contributed by atoms with Crippen LogP contribution in [0, 0.1) is 6.92 Å². The molecule has 188 valence electrons. The molecule has 4 aromatic rings. The zero-order valence-electron chi connectivity index (χ0n) is 21.3. The number of aromatic nitrogens is 2. The molecule has 3 aromatic carbocycles. The van der Waals surface area contributed by atoms with Crippen LogP contribution in [0.1, 0.15) is 34.1 Å². The van der Waals surface area contributed by atoms with Crippen LogP contribution in [0.5, 0.6) is 5.75 Å². The van der Waals surface area contributed by atoms with Gasteiger partial charge < -0.3 is 15.0 Å². The third-order valence-electron chi connectivity index (χ3n) is 6.93. The molecule has 0 aliphatic carbocycles. The maximum Gasteiger partial charge on any atom is 0.273 e. The van der Waals surface area contributed by atoms with Gasteiger partial charge in [0.1, 0.15) is 17.0 Å². The van der Waals surface area contributed by atoms with E-state index in [4.69, 9.17) is 9.84 Å². The molecular weight excluding hydrogens is 464 g/mol. The van der Waals surface area contributed by atoms with Crippen molar-refractivity contribution in [1.29, 1.82) is 0 Å². The second kappa shape index (κ2) is 9.93. The quantitative estimate of drug-likeness (QED) is 0.408. The summed E-state index contributed by atoms with van der Waals surface area (Å²) in [5.41, 5.74) is 3.97. The van der Waals surface area contributed by atoms with Crippen molar-refractivity contribution >= 4 is 11.8 Å². The Morgan fingerprint density at radius 1 is 1.00 bits per heavy atom. The molecule has 0 spiro atoms. The van der Waals surface area contributed by atoms with Crippen LogP contribution in [-0.4, -0.2) is 39.1 Å². The first-order chi connectivity index (χ1) is 17.9. The van der Waals surface area contributed by atoms with Crippen LogP contribution < -0.4 is 10.1 Å². The molecule has 0 saturated heterocycles. The van der Waals surface area contributed by atoms with Crippen molar-refractivity contribution in [3.63, 3.8) is 0 Å². The molecule has 1 aliphatic rings. The van der Waals surface area contributed by atoms with Crippen LogP contribution in [-0.2, 0) is 24.4 Å². The molecule has 0 saturated carbocycles. The van der Waals surface area contributed by atoms with Crippen molar-refractivity contribution in [3.8, 4) is 17.0 Å². The van der Waals surface area contributed by atoms with Gasteiger partial charge in [-0.05, 0) is 55.3 Å². The second-order valence-electron chi connectivity index (χ2n) is 9.62. The summed E-state index contributed by atoms with van der Waals surface area (Å²) < 4.78 is 6.92. The Morgan fingerprint density at radius 2 is 1.70 bits per heavy atom. The summed E-state index contributed by atoms with van der Waals surface area (Å²) in [5, 5.41) is 7.77. The molecule has 37 heavy (non-hydrogen) atoms. The van der Waals surface area contributed by atoms with Gasteiger partial charge in [-0.25, -0.2) is 0 Å². The monoisotopic (exact) mass is 494 g/mol. The normalized spacial score (nSPS) is 16.8. The van der Waals surface area contributed by atoms with E-state index in [0.29, 0.717) is 24.5 Å². The van der Waals surface area contributed by atoms with Crippen molar-refractivity contribution in [2.24, 2.45) is 0 Å². The summed E-state index contributed by atoms with van der Waals surface area (Å²) in [7, 11) is 1.62. The van der Waals surface area contributed by atoms with E-state index in [1.165, 1.54) is 0 Å². The number of carbonyl (C=O) groups excluding carboxylic acids is 2. The topological polar surface area (TPSA) is 76.5 Å². The van der Waals surface area contributed by atoms with Crippen LogP contribution >= 0.6 is 0 Å². The van der Waals surface area contributed by atoms with Crippen molar-refractivity contribution < 1.29 is 14.3 Å². The zero-order valence-corrected chi connectivity index (χ0v) is 21.3. The first-order valence-electron chi connectivity index (χ1n) is 12.3. The third kappa shape index (κ3) is 4.85. The van der Waals surface area contributed by atoms with Crippen LogP contribution in [0.2, 0.25) is 0 Å². The Labute approximate surface area is 216 Å². The van der Waals surface area contributed by atoms with Gasteiger partial charge in [-0.1, -0.05) is 60.2 Å². The fourth-order valence-corrected chi connectivity index (χ4v) is 4.64. The lowest BCUT2D eigenvalue weighted by atomic mass is 9.93. The fourth-order valence-electron chi connectivity index (χ4n) is 4.64. The highest BCUT2D eigenvalue weighted by Gasteiger charge is 2.48. The lowest BCUT2D eigenvalue weighted by Crippen LogP contribution is -2.63. The predicted molar refractivity (Wildman–Crippen MR) is 142 cm³/mol. The molecule has 1 aromatic heterocycles. The number of hydrogen-bond acceptors (Lipinski definition) is 4. The lowest BCUT2D eigenvalue weighted by Gasteiger charge is -2.43. The highest BCUT2D eigenvalue weighted by molar-refractivity contribution is 6.00. The summed E-state index contributed by atoms with van der Waals surface area (Å²) in [4.78, 5) is 29.3. The molecule has 1 aliphatic heterocycles. The molecule has 2 heterocycles. The Morgan fingerprint density at radius 3 is 2.38 bits per heavy atom. The minimum atomic E-state index is -1.13. The van der Waals surface area contributed by atoms with Gasteiger partial charge in [-0.2, -0.15) is 5.10 Å². The summed E-state index contributed by atoms with van der Waals surface area (Å²) >= 11 is 0. The molecule has 0 bridgehead atoms. The maximum absolute atomic E-state index is 13.9. The molecule has 7 nitrogen and oxygen atoms in total. The summed E-state index contributed by atoms with van der Waals surface area (Å²) in [5.74, 6) is 0.302. The summed E-state index contributed by atoms with van der Waals surface area (Å²) in [6.45, 7) is 4.78. The maximum atomic E-state index is 13.9. The number of aryl methyl sites for hydroxylation is 1. The predicted octanol–water partition coefficient (Wildman–Crippen LogP) is 4.60. The van der Waals surface area contributed by atoms with Gasteiger partial charge in [0.15, 0.2) is 0 Å². The number of carbonyl (C=O) groups is 2. The SMILES string of the molecule is COc1ccc(-c2cc3n(n2)C[C@](C)(C(=O)NCc2ccccc2)N(Cc2ccc(C)cc2)C3=O)cc1. The standard InChI is InChI=1S/C30H30N4O3/c1-21-9-11-23(12-10-21)19-33-28(35)27-17-26(24-13-15-25(37-3)16-14-24)32-34(27)20-30(33,2)29(36)31-18-22-7-5-4-6-8-22/h4-17H,18-20H2,1-3H3,(H,31,36)/t30-/m1/s1. The van der Waals surface area contributed by atoms with Gasteiger partial charge >= 0.3 is 0 Å². The van der Waals surface area contributed by atoms with Crippen molar-refractivity contribution in [1.82, 2.24) is 20.0 Å². The fraction of sp³-hybridized carbons (Fsp3) is 0.233. The zero-order chi connectivity index (χ0) is 26.0. The van der Waals surface area contributed by atoms with Crippen LogP contribution in [0.4, 0.5) is 0 Å². The smallest absolute Gasteiger partial charge is 0.273 e. The first kappa shape index (κ1) is 24.3. The van der Waals surface area contributed by atoms with Crippen molar-refractivity contribution in [2.45, 2.75) is 39.0 Å². The van der Waals surface area contributed by atoms with E-state index in [2.05, 4.69) is 5.32 Å². The van der Waals surface area contributed by atoms with Gasteiger partial charge in [0, 0.05) is 18.7 Å². The lowest BCUT2D eigenvalue weighted by molar-refractivity contribution is -0.133. The van der Waals surface area contributed by atoms with Crippen LogP contribution in [0.3, 0.4) is 0 Å². The van der Waals surface area contributed by atoms with Crippen LogP contribution in [0.25, 0.3) is 11.3 Å². The number of ether oxygens (including phenoxy) is 1. The minimum Gasteiger partial charge on any atom is -0.497 e. The van der Waals surface area contributed by atoms with E-state index in [1.54, 1.807) is 22.8 Å². The van der Waals surface area contributed by atoms with Crippen LogP contribution in [0.15, 0.2) is 84.9 Å². The highest BCUT2D eigenvalue weighted by atomic mass is 16.5. The van der Waals surface area contributed by atoms with E-state index in [1.807, 2.05) is 92.7 Å². The molecular formula is C30H30N4O3. The number of nitrogens with one attached hydrogen (secondary N) is 1. The third-order valence-corrected chi connectivity index (χ3v) is 6.93. The largest absolute Gasteiger partial charge is 0.497 e. The number of benzene rings is 3. The second-order valence-corrected chi connectivity index (χ2v) is 9.62. The Hall–Kier alpha value is -4.39. The Balaban J connectivity index is 1.49. The Kier molecular flexibility index (Phi) is 6.53. The van der Waals surface area contributed by atoms with E-state index in [-0.39, 0.29) is 18.4 Å². The number of rotatable bonds is 7. The van der Waals surface area contributed by atoms with Gasteiger partial charge in [0.05, 0.1) is 19.3 Å². The number of fused-ring (bicyclic) bond motifs is 1. The van der Waals surface area contributed by atoms with Gasteiger partial charge in [-0.15, -0.1) is 0 Å². The average molecular weight is 495 g/mol. The number of amides is 2. The Bertz CT molecular complexity index is 1410. The summed E-state index contributed by atoms with van der Waals surface area (Å²) in [6.07, 6.45) is 0. The van der Waals surface area contributed by atoms with Gasteiger partial charge in [-0.3, -0.25) is 14.3 Å². The molecule has 5 rings (SSSR count). The number of nitrogens with zero attached hydrogens (tertiary/aromatic N) is 3. The minimum absolute atomic E-state index is 0.219. The van der Waals surface area contributed by atoms with Crippen molar-refractivity contribution in [2.75, 3.05) is 7.11 Å². The van der Waals surface area contributed by atoms with Gasteiger partial charge in [0.25, 0.3) is 5.91 Å².